The number of thiophene rings is 1. The predicted molar refractivity (Wildman–Crippen MR) is 233 cm³/mol. The molecule has 0 unspecified atom stereocenters. The van der Waals surface area contributed by atoms with Crippen molar-refractivity contribution in [3.05, 3.63) is 198 Å². The fourth-order valence-corrected chi connectivity index (χ4v) is 11.0. The Labute approximate surface area is 331 Å². The molecule has 4 nitrogen and oxygen atoms in total. The molecule has 13 rings (SSSR count). The summed E-state index contributed by atoms with van der Waals surface area (Å²) in [4.78, 5) is 15.6. The third-order valence-corrected chi connectivity index (χ3v) is 13.3. The van der Waals surface area contributed by atoms with Gasteiger partial charge in [-0.25, -0.2) is 15.0 Å². The smallest absolute Gasteiger partial charge is 0.164 e. The number of aromatic nitrogens is 3. The quantitative estimate of drug-likeness (QED) is 0.169. The number of fused-ring (bicyclic) bond motifs is 12. The normalized spacial score (nSPS) is 13.5. The van der Waals surface area contributed by atoms with Crippen LogP contribution in [-0.4, -0.2) is 15.0 Å². The van der Waals surface area contributed by atoms with E-state index in [1.165, 1.54) is 58.4 Å². The lowest BCUT2D eigenvalue weighted by Crippen LogP contribution is -2.32. The maximum absolute atomic E-state index is 6.74. The van der Waals surface area contributed by atoms with E-state index in [9.17, 15) is 0 Å². The van der Waals surface area contributed by atoms with Gasteiger partial charge in [0.05, 0.1) is 5.41 Å². The van der Waals surface area contributed by atoms with E-state index in [1.807, 2.05) is 47.7 Å². The number of benzene rings is 9. The summed E-state index contributed by atoms with van der Waals surface area (Å²) in [6.45, 7) is 0. The zero-order valence-corrected chi connectivity index (χ0v) is 31.2. The Hall–Kier alpha value is -7.21. The van der Waals surface area contributed by atoms with Gasteiger partial charge in [-0.2, -0.15) is 0 Å². The second-order valence-corrected chi connectivity index (χ2v) is 16.1. The maximum atomic E-state index is 6.74. The lowest BCUT2D eigenvalue weighted by atomic mass is 9.66. The minimum Gasteiger partial charge on any atom is -0.457 e. The topological polar surface area (TPSA) is 47.9 Å². The van der Waals surface area contributed by atoms with Crippen LogP contribution in [0.4, 0.5) is 0 Å². The summed E-state index contributed by atoms with van der Waals surface area (Å²) in [5, 5.41) is 7.76. The second kappa shape index (κ2) is 11.4. The number of ether oxygens (including phenoxy) is 1. The average Bonchev–Trinajstić information content (AvgIpc) is 3.80. The second-order valence-electron chi connectivity index (χ2n) is 15.0. The van der Waals surface area contributed by atoms with Crippen molar-refractivity contribution in [2.75, 3.05) is 0 Å². The van der Waals surface area contributed by atoms with E-state index in [1.54, 1.807) is 0 Å². The van der Waals surface area contributed by atoms with Crippen LogP contribution >= 0.6 is 11.3 Å². The number of hydrogen-bond acceptors (Lipinski definition) is 5. The van der Waals surface area contributed by atoms with Crippen molar-refractivity contribution in [3.63, 3.8) is 0 Å². The monoisotopic (exact) mass is 743 g/mol. The first-order valence-corrected chi connectivity index (χ1v) is 20.1. The van der Waals surface area contributed by atoms with Crippen molar-refractivity contribution >= 4 is 53.1 Å². The molecule has 2 aromatic heterocycles. The molecule has 11 aromatic rings. The van der Waals surface area contributed by atoms with Gasteiger partial charge in [-0.1, -0.05) is 140 Å². The van der Waals surface area contributed by atoms with E-state index >= 15 is 0 Å². The van der Waals surface area contributed by atoms with Gasteiger partial charge in [0, 0.05) is 48.0 Å². The summed E-state index contributed by atoms with van der Waals surface area (Å²) in [5.41, 5.74) is 9.16. The highest BCUT2D eigenvalue weighted by molar-refractivity contribution is 7.26. The standard InChI is InChI=1S/C52H29N3OS/c1-3-14-30(15-4-1)49-53-50(31-16-5-2-6-17-31)55-51(54-49)34-20-11-23-40-46(34)37-28-35-32-18-12-26-44-47(32)48-33(19-13-27-45(48)57-44)36(35)29-41(37)52(40)38-21-7-9-24-42(38)56-43-25-10-8-22-39(43)52/h1-29H. The zero-order chi connectivity index (χ0) is 37.2. The molecule has 0 radical (unpaired) electrons. The number of hydrogen-bond donors (Lipinski definition) is 0. The first kappa shape index (κ1) is 31.0. The maximum Gasteiger partial charge on any atom is 0.164 e. The van der Waals surface area contributed by atoms with Crippen molar-refractivity contribution < 1.29 is 4.74 Å². The molecular formula is C52H29N3OS. The SMILES string of the molecule is c1ccc(-c2nc(-c3ccccc3)nc(-c3cccc4c3-c3cc5c(cc3C43c4ccccc4Oc4ccccc43)c3cccc4sc6cccc5c6c43)n2)cc1. The molecule has 0 saturated heterocycles. The summed E-state index contributed by atoms with van der Waals surface area (Å²) in [6.07, 6.45) is 0. The minimum atomic E-state index is -0.673. The molecule has 2 aliphatic rings. The third-order valence-electron chi connectivity index (χ3n) is 12.1. The van der Waals surface area contributed by atoms with Gasteiger partial charge in [0.15, 0.2) is 17.5 Å². The lowest BCUT2D eigenvalue weighted by Gasteiger charge is -2.39. The molecule has 57 heavy (non-hydrogen) atoms. The van der Waals surface area contributed by atoms with E-state index in [0.29, 0.717) is 17.5 Å². The van der Waals surface area contributed by atoms with Crippen molar-refractivity contribution in [2.45, 2.75) is 5.41 Å². The summed E-state index contributed by atoms with van der Waals surface area (Å²) in [7, 11) is 0. The molecule has 0 amide bonds. The molecule has 3 heterocycles. The Kier molecular flexibility index (Phi) is 6.22. The molecule has 5 heteroatoms. The highest BCUT2D eigenvalue weighted by Crippen LogP contribution is 2.64. The molecule has 1 aliphatic carbocycles. The van der Waals surface area contributed by atoms with Gasteiger partial charge >= 0.3 is 0 Å². The number of nitrogens with zero attached hydrogens (tertiary/aromatic N) is 3. The summed E-state index contributed by atoms with van der Waals surface area (Å²) in [6, 6.07) is 62.8. The van der Waals surface area contributed by atoms with Crippen molar-refractivity contribution in [1.82, 2.24) is 15.0 Å². The van der Waals surface area contributed by atoms with Gasteiger partial charge in [-0.15, -0.1) is 11.3 Å². The average molecular weight is 744 g/mol. The van der Waals surface area contributed by atoms with E-state index < -0.39 is 5.41 Å². The predicted octanol–water partition coefficient (Wildman–Crippen LogP) is 13.5. The van der Waals surface area contributed by atoms with Crippen molar-refractivity contribution in [1.29, 1.82) is 0 Å². The van der Waals surface area contributed by atoms with Crippen molar-refractivity contribution in [3.8, 4) is 56.8 Å². The molecule has 0 N–H and O–H groups in total. The Morgan fingerprint density at radius 1 is 0.386 bits per heavy atom. The summed E-state index contributed by atoms with van der Waals surface area (Å²) < 4.78 is 9.38. The third kappa shape index (κ3) is 4.13. The highest BCUT2D eigenvalue weighted by Gasteiger charge is 2.52. The Bertz CT molecular complexity index is 3340. The molecule has 1 aliphatic heterocycles. The van der Waals surface area contributed by atoms with E-state index in [4.69, 9.17) is 19.7 Å². The van der Waals surface area contributed by atoms with Crippen LogP contribution in [0.2, 0.25) is 0 Å². The van der Waals surface area contributed by atoms with Crippen LogP contribution in [0, 0.1) is 0 Å². The highest BCUT2D eigenvalue weighted by atomic mass is 32.1. The van der Waals surface area contributed by atoms with E-state index in [0.717, 1.165) is 44.9 Å². The Balaban J connectivity index is 1.21. The summed E-state index contributed by atoms with van der Waals surface area (Å²) in [5.74, 6) is 3.65. The van der Waals surface area contributed by atoms with Crippen LogP contribution in [-0.2, 0) is 5.41 Å². The number of rotatable bonds is 3. The van der Waals surface area contributed by atoms with Crippen LogP contribution in [0.3, 0.4) is 0 Å². The largest absolute Gasteiger partial charge is 0.457 e. The van der Waals surface area contributed by atoms with Gasteiger partial charge in [0.2, 0.25) is 0 Å². The molecule has 0 fully saturated rings. The van der Waals surface area contributed by atoms with E-state index in [-0.39, 0.29) is 0 Å². The van der Waals surface area contributed by atoms with Crippen LogP contribution in [0.15, 0.2) is 176 Å². The Morgan fingerprint density at radius 3 is 1.51 bits per heavy atom. The molecular weight excluding hydrogens is 715 g/mol. The molecule has 9 aromatic carbocycles. The fourth-order valence-electron chi connectivity index (χ4n) is 9.87. The minimum absolute atomic E-state index is 0.640. The first-order valence-electron chi connectivity index (χ1n) is 19.3. The molecule has 0 bridgehead atoms. The Morgan fingerprint density at radius 2 is 0.895 bits per heavy atom. The first-order chi connectivity index (χ1) is 28.3. The van der Waals surface area contributed by atoms with Crippen LogP contribution in [0.1, 0.15) is 22.3 Å². The molecule has 0 atom stereocenters. The lowest BCUT2D eigenvalue weighted by molar-refractivity contribution is 0.436. The fraction of sp³-hybridized carbons (Fsp3) is 0.0192. The van der Waals surface area contributed by atoms with Gasteiger partial charge in [-0.05, 0) is 80.2 Å². The van der Waals surface area contributed by atoms with Crippen LogP contribution < -0.4 is 4.74 Å². The van der Waals surface area contributed by atoms with Gasteiger partial charge in [0.25, 0.3) is 0 Å². The van der Waals surface area contributed by atoms with Gasteiger partial charge in [-0.3, -0.25) is 0 Å². The van der Waals surface area contributed by atoms with Gasteiger partial charge in [0.1, 0.15) is 11.5 Å². The molecule has 1 spiro atoms. The van der Waals surface area contributed by atoms with Crippen molar-refractivity contribution in [2.24, 2.45) is 0 Å². The zero-order valence-electron chi connectivity index (χ0n) is 30.4. The molecule has 0 saturated carbocycles. The van der Waals surface area contributed by atoms with Crippen LogP contribution in [0.25, 0.3) is 87.0 Å². The van der Waals surface area contributed by atoms with Gasteiger partial charge < -0.3 is 4.74 Å². The molecule has 264 valence electrons. The van der Waals surface area contributed by atoms with E-state index in [2.05, 4.69) is 140 Å². The van der Waals surface area contributed by atoms with Crippen LogP contribution in [0.5, 0.6) is 11.5 Å². The number of para-hydroxylation sites is 2. The summed E-state index contributed by atoms with van der Waals surface area (Å²) >= 11 is 1.88.